The lowest BCUT2D eigenvalue weighted by molar-refractivity contribution is -0.143. The topological polar surface area (TPSA) is 376 Å². The lowest BCUT2D eigenvalue weighted by atomic mass is 10.0. The molecule has 0 aliphatic carbocycles. The van der Waals surface area contributed by atoms with E-state index in [1.807, 2.05) is 5.32 Å². The normalized spacial score (nSPS) is 14.5. The fraction of sp³-hybridized carbons (Fsp3) is 0.615. The van der Waals surface area contributed by atoms with Crippen LogP contribution in [0, 0.1) is 5.92 Å². The molecule has 0 rings (SSSR count). The zero-order chi connectivity index (χ0) is 37.3. The van der Waals surface area contributed by atoms with Gasteiger partial charge in [-0.15, -0.1) is 0 Å². The number of aliphatic carboxylic acids is 3. The fourth-order valence-electron chi connectivity index (χ4n) is 3.65. The first-order valence-electron chi connectivity index (χ1n) is 14.3. The summed E-state index contributed by atoms with van der Waals surface area (Å²) in [4.78, 5) is 121. The molecular weight excluding hydrogens is 648 g/mol. The molecule has 0 unspecified atom stereocenters. The molecule has 0 saturated carbocycles. The van der Waals surface area contributed by atoms with Crippen LogP contribution in [0.5, 0.6) is 0 Å². The predicted octanol–water partition coefficient (Wildman–Crippen LogP) is -6.18. The van der Waals surface area contributed by atoms with Crippen LogP contribution in [0.2, 0.25) is 0 Å². The SMILES string of the molecule is CC(C)[C@H](NC(=O)[C@H](CC(=O)O)NC(=O)CNC(=O)[C@H](CCC(N)=O)NC(=O)[C@H](CC(=O)O)NC(=O)[C@@H](N)CO)C(=O)N[C@@H](C)C(=O)O. The highest BCUT2D eigenvalue weighted by atomic mass is 16.4. The first-order chi connectivity index (χ1) is 22.2. The van der Waals surface area contributed by atoms with E-state index in [9.17, 15) is 53.1 Å². The Balaban J connectivity index is 5.73. The molecule has 0 bridgehead atoms. The predicted molar refractivity (Wildman–Crippen MR) is 159 cm³/mol. The summed E-state index contributed by atoms with van der Waals surface area (Å²) in [6.07, 6.45) is -2.89. The number of carbonyl (C=O) groups is 10. The number of rotatable bonds is 22. The summed E-state index contributed by atoms with van der Waals surface area (Å²) >= 11 is 0. The average molecular weight is 691 g/mol. The largest absolute Gasteiger partial charge is 0.481 e. The summed E-state index contributed by atoms with van der Waals surface area (Å²) in [6, 6.07) is -9.38. The highest BCUT2D eigenvalue weighted by molar-refractivity contribution is 5.97. The van der Waals surface area contributed by atoms with Gasteiger partial charge in [-0.05, 0) is 19.3 Å². The van der Waals surface area contributed by atoms with Crippen LogP contribution in [-0.2, 0) is 47.9 Å². The Morgan fingerprint density at radius 1 is 0.646 bits per heavy atom. The lowest BCUT2D eigenvalue weighted by Gasteiger charge is -2.25. The first-order valence-corrected chi connectivity index (χ1v) is 14.3. The monoisotopic (exact) mass is 690 g/mol. The number of aliphatic hydroxyl groups excluding tert-OH is 1. The number of hydrogen-bond donors (Lipinski definition) is 12. The van der Waals surface area contributed by atoms with Gasteiger partial charge in [-0.2, -0.15) is 0 Å². The molecule has 0 aromatic heterocycles. The van der Waals surface area contributed by atoms with Gasteiger partial charge in [0.05, 0.1) is 26.0 Å². The maximum atomic E-state index is 12.9. The number of primary amides is 1. The van der Waals surface area contributed by atoms with Gasteiger partial charge < -0.3 is 63.8 Å². The molecule has 0 radical (unpaired) electrons. The Bertz CT molecular complexity index is 1240. The van der Waals surface area contributed by atoms with E-state index < -0.39 is 140 Å². The number of carboxylic acids is 3. The summed E-state index contributed by atoms with van der Waals surface area (Å²) < 4.78 is 0. The van der Waals surface area contributed by atoms with Crippen LogP contribution in [-0.4, -0.2) is 129 Å². The highest BCUT2D eigenvalue weighted by Crippen LogP contribution is 2.05. The molecule has 0 aliphatic heterocycles. The molecule has 0 aromatic carbocycles. The number of carboxylic acid groups (broad SMARTS) is 3. The van der Waals surface area contributed by atoms with Crippen molar-refractivity contribution in [1.82, 2.24) is 31.9 Å². The van der Waals surface area contributed by atoms with E-state index in [1.165, 1.54) is 20.8 Å². The van der Waals surface area contributed by atoms with Crippen molar-refractivity contribution in [2.45, 2.75) is 82.7 Å². The lowest BCUT2D eigenvalue weighted by Crippen LogP contribution is -2.58. The molecule has 0 aromatic rings. The number of nitrogens with one attached hydrogen (secondary N) is 6. The first kappa shape index (κ1) is 42.6. The summed E-state index contributed by atoms with van der Waals surface area (Å²) in [5.74, 6) is -12.5. The van der Waals surface area contributed by atoms with Crippen LogP contribution in [0.4, 0.5) is 0 Å². The van der Waals surface area contributed by atoms with Crippen molar-refractivity contribution in [2.75, 3.05) is 13.2 Å². The van der Waals surface area contributed by atoms with E-state index in [-0.39, 0.29) is 0 Å². The minimum atomic E-state index is -1.79. The molecule has 6 atom stereocenters. The van der Waals surface area contributed by atoms with E-state index in [1.54, 1.807) is 0 Å². The average Bonchev–Trinajstić information content (AvgIpc) is 2.98. The zero-order valence-electron chi connectivity index (χ0n) is 26.3. The fourth-order valence-corrected chi connectivity index (χ4v) is 3.65. The van der Waals surface area contributed by atoms with Gasteiger partial charge >= 0.3 is 17.9 Å². The van der Waals surface area contributed by atoms with Crippen LogP contribution in [0.15, 0.2) is 0 Å². The van der Waals surface area contributed by atoms with Crippen molar-refractivity contribution >= 4 is 59.3 Å². The molecule has 14 N–H and O–H groups in total. The number of carbonyl (C=O) groups excluding carboxylic acids is 7. The van der Waals surface area contributed by atoms with Crippen molar-refractivity contribution in [3.05, 3.63) is 0 Å². The van der Waals surface area contributed by atoms with E-state index in [0.717, 1.165) is 0 Å². The Hall–Kier alpha value is -5.38. The molecule has 0 fully saturated rings. The Morgan fingerprint density at radius 2 is 1.15 bits per heavy atom. The maximum absolute atomic E-state index is 12.9. The van der Waals surface area contributed by atoms with Gasteiger partial charge in [0.1, 0.15) is 36.3 Å². The van der Waals surface area contributed by atoms with Crippen LogP contribution in [0.25, 0.3) is 0 Å². The number of amides is 7. The third-order valence-corrected chi connectivity index (χ3v) is 6.29. The highest BCUT2D eigenvalue weighted by Gasteiger charge is 2.33. The van der Waals surface area contributed by atoms with Crippen molar-refractivity contribution < 1.29 is 68.4 Å². The smallest absolute Gasteiger partial charge is 0.325 e. The number of nitrogens with two attached hydrogens (primary N) is 2. The van der Waals surface area contributed by atoms with Crippen LogP contribution in [0.1, 0.15) is 46.5 Å². The Morgan fingerprint density at radius 3 is 1.60 bits per heavy atom. The van der Waals surface area contributed by atoms with Gasteiger partial charge in [0, 0.05) is 6.42 Å². The second kappa shape index (κ2) is 20.7. The molecule has 270 valence electrons. The van der Waals surface area contributed by atoms with Crippen molar-refractivity contribution in [3.63, 3.8) is 0 Å². The van der Waals surface area contributed by atoms with Crippen molar-refractivity contribution in [3.8, 4) is 0 Å². The van der Waals surface area contributed by atoms with E-state index in [2.05, 4.69) is 26.6 Å². The molecule has 22 nitrogen and oxygen atoms in total. The third-order valence-electron chi connectivity index (χ3n) is 6.29. The molecule has 0 saturated heterocycles. The summed E-state index contributed by atoms with van der Waals surface area (Å²) in [6.45, 7) is 2.42. The molecule has 0 spiro atoms. The summed E-state index contributed by atoms with van der Waals surface area (Å²) in [5, 5.41) is 49.1. The maximum Gasteiger partial charge on any atom is 0.325 e. The van der Waals surface area contributed by atoms with Gasteiger partial charge in [0.15, 0.2) is 0 Å². The van der Waals surface area contributed by atoms with E-state index in [0.29, 0.717) is 0 Å². The van der Waals surface area contributed by atoms with Crippen molar-refractivity contribution in [2.24, 2.45) is 17.4 Å². The molecule has 22 heteroatoms. The van der Waals surface area contributed by atoms with E-state index in [4.69, 9.17) is 26.8 Å². The molecular formula is C26H42N8O14. The second-order valence-electron chi connectivity index (χ2n) is 10.7. The molecule has 0 heterocycles. The minimum absolute atomic E-state index is 0.457. The Kier molecular flexibility index (Phi) is 18.4. The number of aliphatic hydroxyl groups is 1. The van der Waals surface area contributed by atoms with Gasteiger partial charge in [0.2, 0.25) is 41.4 Å². The molecule has 0 aliphatic rings. The Labute approximate surface area is 273 Å². The van der Waals surface area contributed by atoms with E-state index >= 15 is 0 Å². The van der Waals surface area contributed by atoms with Crippen LogP contribution < -0.4 is 43.4 Å². The summed E-state index contributed by atoms with van der Waals surface area (Å²) in [5.41, 5.74) is 10.5. The molecule has 48 heavy (non-hydrogen) atoms. The summed E-state index contributed by atoms with van der Waals surface area (Å²) in [7, 11) is 0. The minimum Gasteiger partial charge on any atom is -0.481 e. The second-order valence-corrected chi connectivity index (χ2v) is 10.7. The number of hydrogen-bond acceptors (Lipinski definition) is 12. The van der Waals surface area contributed by atoms with Gasteiger partial charge in [-0.1, -0.05) is 13.8 Å². The van der Waals surface area contributed by atoms with Crippen molar-refractivity contribution in [1.29, 1.82) is 0 Å². The quantitative estimate of drug-likeness (QED) is 0.0503. The van der Waals surface area contributed by atoms with Gasteiger partial charge in [0.25, 0.3) is 0 Å². The van der Waals surface area contributed by atoms with Gasteiger partial charge in [-0.3, -0.25) is 47.9 Å². The standard InChI is InChI=1S/C26H42N8O14/c1-10(2)20(25(46)30-11(3)26(47)48)34-24(45)14(6-18(38)39)31-17(37)8-29-22(43)13(4-5-16(28)36)32-23(44)15(7-19(40)41)33-21(42)12(27)9-35/h10-15,20,35H,4-9,27H2,1-3H3,(H2,28,36)(H,29,43)(H,30,46)(H,31,37)(H,32,44)(H,33,42)(H,34,45)(H,38,39)(H,40,41)(H,47,48)/t11-,12-,13-,14-,15-,20-/m0/s1. The van der Waals surface area contributed by atoms with Gasteiger partial charge in [-0.25, -0.2) is 0 Å². The molecule has 7 amide bonds. The third kappa shape index (κ3) is 16.3. The van der Waals surface area contributed by atoms with Crippen LogP contribution in [0.3, 0.4) is 0 Å². The zero-order valence-corrected chi connectivity index (χ0v) is 26.3. The van der Waals surface area contributed by atoms with Crippen LogP contribution >= 0.6 is 0 Å².